The van der Waals surface area contributed by atoms with Crippen LogP contribution < -0.4 is 4.74 Å². The lowest BCUT2D eigenvalue weighted by Crippen LogP contribution is -2.38. The number of hydrogen-bond acceptors (Lipinski definition) is 6. The molecular weight excluding hydrogens is 306 g/mol. The van der Waals surface area contributed by atoms with Gasteiger partial charge in [-0.3, -0.25) is 4.90 Å². The first-order valence-corrected chi connectivity index (χ1v) is 8.03. The zero-order chi connectivity index (χ0) is 16.9. The SMILES string of the molecule is CCn1cnnc1[C@H]1CN(Cc2ccc(OC)c(C#N)c2)CCO1. The average molecular weight is 327 g/mol. The van der Waals surface area contributed by atoms with Gasteiger partial charge in [0.05, 0.1) is 19.3 Å². The Morgan fingerprint density at radius 3 is 3.08 bits per heavy atom. The zero-order valence-corrected chi connectivity index (χ0v) is 14.0. The van der Waals surface area contributed by atoms with Crippen LogP contribution in [0.4, 0.5) is 0 Å². The van der Waals surface area contributed by atoms with Crippen molar-refractivity contribution < 1.29 is 9.47 Å². The lowest BCUT2D eigenvalue weighted by atomic mass is 10.1. The van der Waals surface area contributed by atoms with E-state index < -0.39 is 0 Å². The summed E-state index contributed by atoms with van der Waals surface area (Å²) >= 11 is 0. The number of aryl methyl sites for hydroxylation is 1. The minimum Gasteiger partial charge on any atom is -0.495 e. The van der Waals surface area contributed by atoms with Crippen LogP contribution in [0.15, 0.2) is 24.5 Å². The van der Waals surface area contributed by atoms with E-state index in [2.05, 4.69) is 28.1 Å². The van der Waals surface area contributed by atoms with Crippen molar-refractivity contribution in [3.05, 3.63) is 41.5 Å². The zero-order valence-electron chi connectivity index (χ0n) is 14.0. The number of methoxy groups -OCH3 is 1. The highest BCUT2D eigenvalue weighted by Gasteiger charge is 2.26. The van der Waals surface area contributed by atoms with E-state index in [-0.39, 0.29) is 6.10 Å². The fraction of sp³-hybridized carbons (Fsp3) is 0.471. The Morgan fingerprint density at radius 1 is 1.46 bits per heavy atom. The first-order chi connectivity index (χ1) is 11.7. The Hall–Kier alpha value is -2.43. The third kappa shape index (κ3) is 3.40. The van der Waals surface area contributed by atoms with E-state index >= 15 is 0 Å². The third-order valence-electron chi connectivity index (χ3n) is 4.22. The maximum Gasteiger partial charge on any atom is 0.163 e. The van der Waals surface area contributed by atoms with Crippen LogP contribution in [0.5, 0.6) is 5.75 Å². The second kappa shape index (κ2) is 7.43. The molecule has 1 aromatic heterocycles. The van der Waals surface area contributed by atoms with E-state index in [1.165, 1.54) is 0 Å². The second-order valence-electron chi connectivity index (χ2n) is 5.72. The molecule has 1 aliphatic heterocycles. The molecule has 7 heteroatoms. The summed E-state index contributed by atoms with van der Waals surface area (Å²) in [5.74, 6) is 1.48. The van der Waals surface area contributed by atoms with Crippen LogP contribution in [0.1, 0.15) is 30.0 Å². The minimum atomic E-state index is -0.0742. The largest absolute Gasteiger partial charge is 0.495 e. The summed E-state index contributed by atoms with van der Waals surface area (Å²) in [4.78, 5) is 2.31. The fourth-order valence-electron chi connectivity index (χ4n) is 2.96. The molecule has 0 unspecified atom stereocenters. The molecule has 1 aliphatic rings. The highest BCUT2D eigenvalue weighted by Crippen LogP contribution is 2.24. The molecule has 126 valence electrons. The predicted molar refractivity (Wildman–Crippen MR) is 87.4 cm³/mol. The quantitative estimate of drug-likeness (QED) is 0.833. The van der Waals surface area contributed by atoms with Crippen molar-refractivity contribution in [1.82, 2.24) is 19.7 Å². The summed E-state index contributed by atoms with van der Waals surface area (Å²) in [5.41, 5.74) is 1.65. The Kier molecular flexibility index (Phi) is 5.08. The summed E-state index contributed by atoms with van der Waals surface area (Å²) in [6.45, 7) is 5.92. The summed E-state index contributed by atoms with van der Waals surface area (Å²) in [5, 5.41) is 17.4. The van der Waals surface area contributed by atoms with Crippen molar-refractivity contribution in [1.29, 1.82) is 5.26 Å². The number of ether oxygens (including phenoxy) is 2. The lowest BCUT2D eigenvalue weighted by Gasteiger charge is -2.32. The number of morpholine rings is 1. The van der Waals surface area contributed by atoms with E-state index in [9.17, 15) is 5.26 Å². The standard InChI is InChI=1S/C17H21N5O2/c1-3-22-12-19-20-17(22)16-11-21(6-7-24-16)10-13-4-5-15(23-2)14(8-13)9-18/h4-5,8,12,16H,3,6-7,10-11H2,1-2H3/t16-/m1/s1. The molecule has 0 radical (unpaired) electrons. The van der Waals surface area contributed by atoms with Crippen LogP contribution in [-0.2, 0) is 17.8 Å². The molecule has 0 saturated carbocycles. The lowest BCUT2D eigenvalue weighted by molar-refractivity contribution is -0.0388. The maximum absolute atomic E-state index is 9.22. The molecule has 0 spiro atoms. The molecule has 2 heterocycles. The van der Waals surface area contributed by atoms with E-state index in [1.54, 1.807) is 13.4 Å². The molecule has 1 fully saturated rings. The smallest absolute Gasteiger partial charge is 0.163 e. The molecule has 1 atom stereocenters. The van der Waals surface area contributed by atoms with Crippen molar-refractivity contribution in [2.24, 2.45) is 0 Å². The van der Waals surface area contributed by atoms with Crippen LogP contribution in [0.2, 0.25) is 0 Å². The van der Waals surface area contributed by atoms with Gasteiger partial charge >= 0.3 is 0 Å². The van der Waals surface area contributed by atoms with Crippen molar-refractivity contribution in [2.75, 3.05) is 26.8 Å². The van der Waals surface area contributed by atoms with Gasteiger partial charge in [-0.2, -0.15) is 5.26 Å². The van der Waals surface area contributed by atoms with Crippen LogP contribution in [0, 0.1) is 11.3 Å². The molecule has 0 aliphatic carbocycles. The monoisotopic (exact) mass is 327 g/mol. The van der Waals surface area contributed by atoms with Gasteiger partial charge in [0.25, 0.3) is 0 Å². The van der Waals surface area contributed by atoms with Crippen LogP contribution in [0.3, 0.4) is 0 Å². The number of rotatable bonds is 5. The van der Waals surface area contributed by atoms with Gasteiger partial charge in [0.2, 0.25) is 0 Å². The fourth-order valence-corrected chi connectivity index (χ4v) is 2.96. The molecular formula is C17H21N5O2. The summed E-state index contributed by atoms with van der Waals surface area (Å²) < 4.78 is 13.1. The molecule has 0 N–H and O–H groups in total. The van der Waals surface area contributed by atoms with Crippen LogP contribution in [-0.4, -0.2) is 46.5 Å². The number of aromatic nitrogens is 3. The van der Waals surface area contributed by atoms with E-state index in [0.717, 1.165) is 37.6 Å². The average Bonchev–Trinajstić information content (AvgIpc) is 3.10. The van der Waals surface area contributed by atoms with Crippen LogP contribution in [0.25, 0.3) is 0 Å². The molecule has 24 heavy (non-hydrogen) atoms. The van der Waals surface area contributed by atoms with Gasteiger partial charge in [-0.1, -0.05) is 6.07 Å². The van der Waals surface area contributed by atoms with Crippen molar-refractivity contribution >= 4 is 0 Å². The Morgan fingerprint density at radius 2 is 2.33 bits per heavy atom. The number of hydrogen-bond donors (Lipinski definition) is 0. The van der Waals surface area contributed by atoms with E-state index in [0.29, 0.717) is 17.9 Å². The van der Waals surface area contributed by atoms with Crippen molar-refractivity contribution in [3.63, 3.8) is 0 Å². The number of nitrogens with zero attached hydrogens (tertiary/aromatic N) is 5. The Bertz CT molecular complexity index is 737. The highest BCUT2D eigenvalue weighted by molar-refractivity contribution is 5.45. The van der Waals surface area contributed by atoms with Crippen molar-refractivity contribution in [3.8, 4) is 11.8 Å². The minimum absolute atomic E-state index is 0.0742. The number of nitriles is 1. The summed E-state index contributed by atoms with van der Waals surface area (Å²) in [6, 6.07) is 7.91. The van der Waals surface area contributed by atoms with Gasteiger partial charge in [-0.25, -0.2) is 0 Å². The van der Waals surface area contributed by atoms with Gasteiger partial charge in [0.15, 0.2) is 5.82 Å². The van der Waals surface area contributed by atoms with Crippen molar-refractivity contribution in [2.45, 2.75) is 26.1 Å². The molecule has 1 aromatic carbocycles. The normalized spacial score (nSPS) is 18.3. The van der Waals surface area contributed by atoms with Gasteiger partial charge < -0.3 is 14.0 Å². The Labute approximate surface area is 141 Å². The molecule has 0 amide bonds. The third-order valence-corrected chi connectivity index (χ3v) is 4.22. The van der Waals surface area contributed by atoms with Gasteiger partial charge in [0, 0.05) is 26.2 Å². The second-order valence-corrected chi connectivity index (χ2v) is 5.72. The summed E-state index contributed by atoms with van der Waals surface area (Å²) in [6.07, 6.45) is 1.66. The predicted octanol–water partition coefficient (Wildman–Crippen LogP) is 1.75. The van der Waals surface area contributed by atoms with E-state index in [1.807, 2.05) is 22.8 Å². The van der Waals surface area contributed by atoms with Crippen LogP contribution >= 0.6 is 0 Å². The topological polar surface area (TPSA) is 76.2 Å². The first kappa shape index (κ1) is 16.4. The number of benzene rings is 1. The van der Waals surface area contributed by atoms with Gasteiger partial charge in [-0.15, -0.1) is 10.2 Å². The molecule has 3 rings (SSSR count). The molecule has 2 aromatic rings. The molecule has 1 saturated heterocycles. The van der Waals surface area contributed by atoms with Gasteiger partial charge in [0.1, 0.15) is 24.3 Å². The highest BCUT2D eigenvalue weighted by atomic mass is 16.5. The van der Waals surface area contributed by atoms with Gasteiger partial charge in [-0.05, 0) is 24.6 Å². The molecule has 0 bridgehead atoms. The molecule has 7 nitrogen and oxygen atoms in total. The Balaban J connectivity index is 1.71. The first-order valence-electron chi connectivity index (χ1n) is 8.03. The van der Waals surface area contributed by atoms with E-state index in [4.69, 9.17) is 9.47 Å². The maximum atomic E-state index is 9.22. The summed E-state index contributed by atoms with van der Waals surface area (Å²) in [7, 11) is 1.58.